The third-order valence-electron chi connectivity index (χ3n) is 13.0. The molecule has 2 unspecified atom stereocenters. The summed E-state index contributed by atoms with van der Waals surface area (Å²) in [5, 5.41) is 10.5. The molecule has 0 radical (unpaired) electrons. The van der Waals surface area contributed by atoms with Crippen molar-refractivity contribution < 1.29 is 80.2 Å². The number of carbonyl (C=O) groups excluding carboxylic acids is 4. The van der Waals surface area contributed by atoms with E-state index >= 15 is 0 Å². The zero-order valence-electron chi connectivity index (χ0n) is 48.5. The van der Waals surface area contributed by atoms with E-state index in [1.165, 1.54) is 77.0 Å². The molecular weight excluding hydrogens is 1020 g/mol. The van der Waals surface area contributed by atoms with Crippen LogP contribution in [0, 0.1) is 11.8 Å². The van der Waals surface area contributed by atoms with E-state index in [0.717, 1.165) is 103 Å². The molecule has 0 aliphatic rings. The van der Waals surface area contributed by atoms with Gasteiger partial charge in [-0.2, -0.15) is 0 Å². The number of phosphoric acid groups is 2. The molecule has 0 fully saturated rings. The van der Waals surface area contributed by atoms with E-state index in [-0.39, 0.29) is 25.7 Å². The van der Waals surface area contributed by atoms with Crippen molar-refractivity contribution >= 4 is 39.5 Å². The van der Waals surface area contributed by atoms with E-state index < -0.39 is 97.5 Å². The molecule has 0 spiro atoms. The van der Waals surface area contributed by atoms with Crippen LogP contribution in [0.3, 0.4) is 0 Å². The van der Waals surface area contributed by atoms with Gasteiger partial charge in [-0.05, 0) is 37.5 Å². The lowest BCUT2D eigenvalue weighted by atomic mass is 10.0. The lowest BCUT2D eigenvalue weighted by Crippen LogP contribution is -2.30. The quantitative estimate of drug-likeness (QED) is 0.0222. The molecule has 5 atom stereocenters. The average molecular weight is 1130 g/mol. The number of aliphatic hydroxyl groups excluding tert-OH is 1. The van der Waals surface area contributed by atoms with Gasteiger partial charge in [-0.25, -0.2) is 9.13 Å². The molecular formula is C57H110O17P2. The standard InChI is InChI=1S/C57H110O17P2/c1-7-9-11-13-14-15-16-17-22-29-35-41-56(61)74-53(46-68-55(60)40-34-28-23-18-20-26-31-37-49(3)4)48-72-76(65,66)70-44-51(58)43-69-75(63,64)71-47-52(45-67-54(59)39-33-25-12-10-8-2)73-57(62)42-36-30-24-19-21-27-32-38-50(5)6/h49-53,58H,7-48H2,1-6H3,(H,63,64)(H,65,66)/t51-,52+,53+/m0/s1. The Bertz CT molecular complexity index is 1510. The van der Waals surface area contributed by atoms with Crippen LogP contribution in [0.15, 0.2) is 0 Å². The van der Waals surface area contributed by atoms with Crippen LogP contribution in [0.5, 0.6) is 0 Å². The minimum Gasteiger partial charge on any atom is -0.462 e. The van der Waals surface area contributed by atoms with Gasteiger partial charge in [-0.1, -0.05) is 221 Å². The molecule has 0 aromatic heterocycles. The normalized spacial score (nSPS) is 14.5. The number of rotatable bonds is 56. The number of hydrogen-bond donors (Lipinski definition) is 3. The van der Waals surface area contributed by atoms with Gasteiger partial charge >= 0.3 is 39.5 Å². The summed E-state index contributed by atoms with van der Waals surface area (Å²) in [4.78, 5) is 71.6. The Morgan fingerprint density at radius 2 is 0.605 bits per heavy atom. The molecule has 0 aromatic rings. The van der Waals surface area contributed by atoms with Gasteiger partial charge < -0.3 is 33.8 Å². The van der Waals surface area contributed by atoms with Crippen LogP contribution < -0.4 is 0 Å². The summed E-state index contributed by atoms with van der Waals surface area (Å²) in [6, 6.07) is 0. The maximum atomic E-state index is 12.9. The molecule has 3 N–H and O–H groups in total. The van der Waals surface area contributed by atoms with Crippen molar-refractivity contribution in [2.75, 3.05) is 39.6 Å². The molecule has 450 valence electrons. The van der Waals surface area contributed by atoms with Crippen molar-refractivity contribution in [1.82, 2.24) is 0 Å². The molecule has 0 aliphatic carbocycles. The second-order valence-electron chi connectivity index (χ2n) is 21.6. The predicted octanol–water partition coefficient (Wildman–Crippen LogP) is 14.9. The highest BCUT2D eigenvalue weighted by Gasteiger charge is 2.30. The van der Waals surface area contributed by atoms with Gasteiger partial charge in [-0.15, -0.1) is 0 Å². The Hall–Kier alpha value is -1.94. The Balaban J connectivity index is 5.19. The van der Waals surface area contributed by atoms with E-state index in [4.69, 9.17) is 37.0 Å². The fourth-order valence-electron chi connectivity index (χ4n) is 8.29. The molecule has 0 saturated heterocycles. The highest BCUT2D eigenvalue weighted by Crippen LogP contribution is 2.45. The van der Waals surface area contributed by atoms with Crippen molar-refractivity contribution in [2.45, 2.75) is 291 Å². The van der Waals surface area contributed by atoms with Crippen LogP contribution in [0.4, 0.5) is 0 Å². The smallest absolute Gasteiger partial charge is 0.462 e. The van der Waals surface area contributed by atoms with E-state index in [0.29, 0.717) is 37.5 Å². The van der Waals surface area contributed by atoms with Gasteiger partial charge in [0.25, 0.3) is 0 Å². The largest absolute Gasteiger partial charge is 0.472 e. The third-order valence-corrected chi connectivity index (χ3v) is 14.9. The monoisotopic (exact) mass is 1130 g/mol. The van der Waals surface area contributed by atoms with Gasteiger partial charge in [0.2, 0.25) is 0 Å². The topological polar surface area (TPSA) is 237 Å². The summed E-state index contributed by atoms with van der Waals surface area (Å²) in [7, 11) is -9.86. The molecule has 19 heteroatoms. The number of hydrogen-bond acceptors (Lipinski definition) is 15. The summed E-state index contributed by atoms with van der Waals surface area (Å²) >= 11 is 0. The number of carbonyl (C=O) groups is 4. The Labute approximate surface area is 460 Å². The minimum absolute atomic E-state index is 0.102. The number of esters is 4. The molecule has 0 aromatic carbocycles. The van der Waals surface area contributed by atoms with Crippen LogP contribution in [-0.4, -0.2) is 96.7 Å². The summed E-state index contributed by atoms with van der Waals surface area (Å²) in [6.45, 7) is 9.22. The highest BCUT2D eigenvalue weighted by atomic mass is 31.2. The first kappa shape index (κ1) is 74.1. The Morgan fingerprint density at radius 1 is 0.355 bits per heavy atom. The zero-order chi connectivity index (χ0) is 56.6. The molecule has 17 nitrogen and oxygen atoms in total. The van der Waals surface area contributed by atoms with Gasteiger partial charge in [0.15, 0.2) is 12.2 Å². The maximum Gasteiger partial charge on any atom is 0.472 e. The second kappa shape index (κ2) is 50.1. The fourth-order valence-corrected chi connectivity index (χ4v) is 9.87. The van der Waals surface area contributed by atoms with E-state index in [1.54, 1.807) is 0 Å². The second-order valence-corrected chi connectivity index (χ2v) is 24.5. The Morgan fingerprint density at radius 3 is 0.895 bits per heavy atom. The molecule has 0 heterocycles. The lowest BCUT2D eigenvalue weighted by Gasteiger charge is -2.21. The molecule has 0 aliphatic heterocycles. The van der Waals surface area contributed by atoms with Gasteiger partial charge in [0.1, 0.15) is 19.3 Å². The molecule has 0 saturated carbocycles. The van der Waals surface area contributed by atoms with Crippen LogP contribution in [0.2, 0.25) is 0 Å². The summed E-state index contributed by atoms with van der Waals surface area (Å²) in [6.07, 6.45) is 29.8. The van der Waals surface area contributed by atoms with Crippen molar-refractivity contribution in [3.8, 4) is 0 Å². The van der Waals surface area contributed by atoms with Gasteiger partial charge in [0, 0.05) is 25.7 Å². The summed E-state index contributed by atoms with van der Waals surface area (Å²) < 4.78 is 67.5. The number of phosphoric ester groups is 2. The summed E-state index contributed by atoms with van der Waals surface area (Å²) in [5.41, 5.74) is 0. The van der Waals surface area contributed by atoms with Crippen molar-refractivity contribution in [1.29, 1.82) is 0 Å². The van der Waals surface area contributed by atoms with Crippen LogP contribution >= 0.6 is 15.6 Å². The maximum absolute atomic E-state index is 12.9. The first-order valence-corrected chi connectivity index (χ1v) is 33.0. The Kier molecular flexibility index (Phi) is 48.8. The van der Waals surface area contributed by atoms with E-state index in [2.05, 4.69) is 41.5 Å². The molecule has 0 bridgehead atoms. The first-order valence-electron chi connectivity index (χ1n) is 30.0. The number of ether oxygens (including phenoxy) is 4. The van der Waals surface area contributed by atoms with Crippen molar-refractivity contribution in [3.63, 3.8) is 0 Å². The van der Waals surface area contributed by atoms with Gasteiger partial charge in [0.05, 0.1) is 26.4 Å². The van der Waals surface area contributed by atoms with Crippen LogP contribution in [-0.2, 0) is 65.4 Å². The van der Waals surface area contributed by atoms with Gasteiger partial charge in [-0.3, -0.25) is 37.3 Å². The molecule has 0 rings (SSSR count). The van der Waals surface area contributed by atoms with E-state index in [1.807, 2.05) is 0 Å². The number of unbranched alkanes of at least 4 members (excludes halogenated alkanes) is 26. The SMILES string of the molecule is CCCCCCCCCCCCCC(=O)O[C@H](COC(=O)CCCCCCCCCC(C)C)COP(=O)(O)OC[C@@H](O)COP(=O)(O)OC[C@@H](COC(=O)CCCCCCC)OC(=O)CCCCCCCCCC(C)C. The minimum atomic E-state index is -4.93. The van der Waals surface area contributed by atoms with E-state index in [9.17, 15) is 43.2 Å². The molecule has 76 heavy (non-hydrogen) atoms. The molecule has 0 amide bonds. The lowest BCUT2D eigenvalue weighted by molar-refractivity contribution is -0.161. The van der Waals surface area contributed by atoms with Crippen LogP contribution in [0.25, 0.3) is 0 Å². The van der Waals surface area contributed by atoms with Crippen LogP contribution in [0.1, 0.15) is 273 Å². The zero-order valence-corrected chi connectivity index (χ0v) is 50.3. The summed E-state index contributed by atoms with van der Waals surface area (Å²) in [5.74, 6) is -0.756. The first-order chi connectivity index (χ1) is 36.4. The predicted molar refractivity (Wildman–Crippen MR) is 298 cm³/mol. The highest BCUT2D eigenvalue weighted by molar-refractivity contribution is 7.47. The third kappa shape index (κ3) is 51.5. The fraction of sp³-hybridized carbons (Fsp3) is 0.930. The average Bonchev–Trinajstić information content (AvgIpc) is 3.37. The van der Waals surface area contributed by atoms with Crippen molar-refractivity contribution in [3.05, 3.63) is 0 Å². The van der Waals surface area contributed by atoms with Crippen molar-refractivity contribution in [2.24, 2.45) is 11.8 Å². The number of aliphatic hydroxyl groups is 1.